The van der Waals surface area contributed by atoms with Crippen molar-refractivity contribution in [3.63, 3.8) is 0 Å². The molecule has 0 bridgehead atoms. The Bertz CT molecular complexity index is 382. The molecule has 0 heterocycles. The quantitative estimate of drug-likeness (QED) is 0.683. The first-order valence-electron chi connectivity index (χ1n) is 5.38. The maximum Gasteiger partial charge on any atom is 0.338 e. The maximum absolute atomic E-state index is 11.7. The van der Waals surface area contributed by atoms with Crippen LogP contribution in [0.25, 0.3) is 0 Å². The lowest BCUT2D eigenvalue weighted by atomic mass is 10.2. The SMILES string of the molecule is Nc1cc(Br)cc(C(=O)OCCC2CC2)c1. The fourth-order valence-corrected chi connectivity index (χ4v) is 2.05. The van der Waals surface area contributed by atoms with Gasteiger partial charge in [0.05, 0.1) is 12.2 Å². The van der Waals surface area contributed by atoms with Crippen LogP contribution >= 0.6 is 15.9 Å². The van der Waals surface area contributed by atoms with Crippen LogP contribution in [-0.4, -0.2) is 12.6 Å². The monoisotopic (exact) mass is 283 g/mol. The van der Waals surface area contributed by atoms with Crippen molar-refractivity contribution in [3.8, 4) is 0 Å². The second kappa shape index (κ2) is 4.87. The van der Waals surface area contributed by atoms with E-state index in [2.05, 4.69) is 15.9 Å². The van der Waals surface area contributed by atoms with Crippen LogP contribution in [0.1, 0.15) is 29.6 Å². The lowest BCUT2D eigenvalue weighted by Gasteiger charge is -2.05. The van der Waals surface area contributed by atoms with Crippen molar-refractivity contribution in [2.45, 2.75) is 19.3 Å². The predicted molar refractivity (Wildman–Crippen MR) is 66.2 cm³/mol. The van der Waals surface area contributed by atoms with Gasteiger partial charge in [-0.2, -0.15) is 0 Å². The number of ether oxygens (including phenoxy) is 1. The van der Waals surface area contributed by atoms with Crippen LogP contribution < -0.4 is 5.73 Å². The van der Waals surface area contributed by atoms with Crippen LogP contribution in [0, 0.1) is 5.92 Å². The van der Waals surface area contributed by atoms with Crippen molar-refractivity contribution in [1.29, 1.82) is 0 Å². The molecule has 2 N–H and O–H groups in total. The minimum atomic E-state index is -0.298. The Morgan fingerprint density at radius 3 is 2.81 bits per heavy atom. The second-order valence-electron chi connectivity index (χ2n) is 4.14. The van der Waals surface area contributed by atoms with E-state index in [1.54, 1.807) is 18.2 Å². The lowest BCUT2D eigenvalue weighted by molar-refractivity contribution is 0.0495. The summed E-state index contributed by atoms with van der Waals surface area (Å²) in [6, 6.07) is 5.10. The zero-order chi connectivity index (χ0) is 11.5. The molecular formula is C12H14BrNO2. The number of carbonyl (C=O) groups is 1. The number of benzene rings is 1. The molecule has 1 aromatic rings. The molecule has 2 rings (SSSR count). The van der Waals surface area contributed by atoms with Crippen molar-refractivity contribution in [2.75, 3.05) is 12.3 Å². The van der Waals surface area contributed by atoms with Gasteiger partial charge in [0, 0.05) is 10.2 Å². The van der Waals surface area contributed by atoms with E-state index in [1.807, 2.05) is 0 Å². The second-order valence-corrected chi connectivity index (χ2v) is 5.06. The van der Waals surface area contributed by atoms with Gasteiger partial charge in [-0.05, 0) is 30.5 Å². The summed E-state index contributed by atoms with van der Waals surface area (Å²) in [7, 11) is 0. The highest BCUT2D eigenvalue weighted by atomic mass is 79.9. The number of hydrogen-bond donors (Lipinski definition) is 1. The Hall–Kier alpha value is -1.03. The van der Waals surface area contributed by atoms with Gasteiger partial charge in [-0.25, -0.2) is 4.79 Å². The van der Waals surface area contributed by atoms with Crippen LogP contribution in [-0.2, 0) is 4.74 Å². The van der Waals surface area contributed by atoms with E-state index in [-0.39, 0.29) is 5.97 Å². The van der Waals surface area contributed by atoms with Crippen LogP contribution in [0.2, 0.25) is 0 Å². The number of hydrogen-bond acceptors (Lipinski definition) is 3. The highest BCUT2D eigenvalue weighted by Crippen LogP contribution is 2.32. The van der Waals surface area contributed by atoms with Crippen molar-refractivity contribution >= 4 is 27.6 Å². The summed E-state index contributed by atoms with van der Waals surface area (Å²) in [5.41, 5.74) is 6.71. The molecule has 0 spiro atoms. The number of rotatable bonds is 4. The number of halogens is 1. The third-order valence-corrected chi connectivity index (χ3v) is 3.07. The molecule has 1 fully saturated rings. The molecule has 4 heteroatoms. The smallest absolute Gasteiger partial charge is 0.338 e. The largest absolute Gasteiger partial charge is 0.462 e. The van der Waals surface area contributed by atoms with E-state index in [0.29, 0.717) is 17.9 Å². The molecule has 3 nitrogen and oxygen atoms in total. The summed E-state index contributed by atoms with van der Waals surface area (Å²) in [5.74, 6) is 0.481. The van der Waals surface area contributed by atoms with E-state index < -0.39 is 0 Å². The Labute approximate surface area is 103 Å². The topological polar surface area (TPSA) is 52.3 Å². The number of nitrogens with two attached hydrogens (primary N) is 1. The third-order valence-electron chi connectivity index (χ3n) is 2.61. The Balaban J connectivity index is 1.91. The Morgan fingerprint density at radius 1 is 1.44 bits per heavy atom. The van der Waals surface area contributed by atoms with E-state index in [4.69, 9.17) is 10.5 Å². The predicted octanol–water partition coefficient (Wildman–Crippen LogP) is 2.99. The van der Waals surface area contributed by atoms with Crippen LogP contribution in [0.15, 0.2) is 22.7 Å². The van der Waals surface area contributed by atoms with E-state index in [0.717, 1.165) is 16.8 Å². The van der Waals surface area contributed by atoms with Crippen LogP contribution in [0.4, 0.5) is 5.69 Å². The zero-order valence-electron chi connectivity index (χ0n) is 8.91. The molecule has 0 amide bonds. The van der Waals surface area contributed by atoms with Gasteiger partial charge in [0.25, 0.3) is 0 Å². The van der Waals surface area contributed by atoms with Gasteiger partial charge in [-0.1, -0.05) is 28.8 Å². The number of anilines is 1. The van der Waals surface area contributed by atoms with E-state index >= 15 is 0 Å². The first-order valence-corrected chi connectivity index (χ1v) is 6.17. The molecule has 16 heavy (non-hydrogen) atoms. The van der Waals surface area contributed by atoms with Crippen LogP contribution in [0.5, 0.6) is 0 Å². The number of esters is 1. The summed E-state index contributed by atoms with van der Waals surface area (Å²) in [5, 5.41) is 0. The maximum atomic E-state index is 11.7. The van der Waals surface area contributed by atoms with Gasteiger partial charge in [0.1, 0.15) is 0 Å². The molecule has 0 aromatic heterocycles. The van der Waals surface area contributed by atoms with Gasteiger partial charge in [-0.15, -0.1) is 0 Å². The Kier molecular flexibility index (Phi) is 3.49. The first-order chi connectivity index (χ1) is 7.65. The molecule has 0 radical (unpaired) electrons. The zero-order valence-corrected chi connectivity index (χ0v) is 10.5. The molecule has 0 saturated heterocycles. The Morgan fingerprint density at radius 2 is 2.19 bits per heavy atom. The summed E-state index contributed by atoms with van der Waals surface area (Å²) >= 11 is 3.29. The molecule has 1 aromatic carbocycles. The molecule has 0 atom stereocenters. The third kappa shape index (κ3) is 3.23. The highest BCUT2D eigenvalue weighted by molar-refractivity contribution is 9.10. The molecular weight excluding hydrogens is 270 g/mol. The van der Waals surface area contributed by atoms with Crippen molar-refractivity contribution < 1.29 is 9.53 Å². The van der Waals surface area contributed by atoms with E-state index in [9.17, 15) is 4.79 Å². The molecule has 1 saturated carbocycles. The molecule has 0 aliphatic heterocycles. The average Bonchev–Trinajstić information content (AvgIpc) is 3.00. The summed E-state index contributed by atoms with van der Waals surface area (Å²) in [4.78, 5) is 11.7. The fourth-order valence-electron chi connectivity index (χ4n) is 1.54. The standard InChI is InChI=1S/C12H14BrNO2/c13-10-5-9(6-11(14)7-10)12(15)16-4-3-8-1-2-8/h5-8H,1-4,14H2. The minimum absolute atomic E-state index is 0.298. The van der Waals surface area contributed by atoms with Gasteiger partial charge in [-0.3, -0.25) is 0 Å². The number of nitrogen functional groups attached to an aromatic ring is 1. The molecule has 1 aliphatic rings. The highest BCUT2D eigenvalue weighted by Gasteiger charge is 2.21. The lowest BCUT2D eigenvalue weighted by Crippen LogP contribution is -2.07. The summed E-state index contributed by atoms with van der Waals surface area (Å²) in [6.07, 6.45) is 3.54. The van der Waals surface area contributed by atoms with E-state index in [1.165, 1.54) is 12.8 Å². The fraction of sp³-hybridized carbons (Fsp3) is 0.417. The average molecular weight is 284 g/mol. The van der Waals surface area contributed by atoms with Crippen molar-refractivity contribution in [1.82, 2.24) is 0 Å². The summed E-state index contributed by atoms with van der Waals surface area (Å²) in [6.45, 7) is 0.510. The normalized spacial score (nSPS) is 14.8. The van der Waals surface area contributed by atoms with Gasteiger partial charge >= 0.3 is 5.97 Å². The molecule has 1 aliphatic carbocycles. The van der Waals surface area contributed by atoms with Crippen molar-refractivity contribution in [3.05, 3.63) is 28.2 Å². The first kappa shape index (κ1) is 11.5. The van der Waals surface area contributed by atoms with Gasteiger partial charge in [0.2, 0.25) is 0 Å². The molecule has 86 valence electrons. The summed E-state index contributed by atoms with van der Waals surface area (Å²) < 4.78 is 5.97. The van der Waals surface area contributed by atoms with Gasteiger partial charge < -0.3 is 10.5 Å². The molecule has 0 unspecified atom stereocenters. The minimum Gasteiger partial charge on any atom is -0.462 e. The number of carbonyl (C=O) groups excluding carboxylic acids is 1. The van der Waals surface area contributed by atoms with Crippen LogP contribution in [0.3, 0.4) is 0 Å². The van der Waals surface area contributed by atoms with Crippen molar-refractivity contribution in [2.24, 2.45) is 5.92 Å². The van der Waals surface area contributed by atoms with Gasteiger partial charge in [0.15, 0.2) is 0 Å².